The van der Waals surface area contributed by atoms with E-state index in [9.17, 15) is 4.79 Å². The number of nitrogen functional groups attached to an aromatic ring is 1. The highest BCUT2D eigenvalue weighted by atomic mass is 79.9. The molecule has 20 heavy (non-hydrogen) atoms. The second-order valence-corrected chi connectivity index (χ2v) is 4.97. The number of para-hydroxylation sites is 1. The number of halogens is 1. The first kappa shape index (κ1) is 13.9. The smallest absolute Gasteiger partial charge is 0.250 e. The summed E-state index contributed by atoms with van der Waals surface area (Å²) in [5.74, 6) is -0.595. The van der Waals surface area contributed by atoms with Gasteiger partial charge in [-0.25, -0.2) is 0 Å². The Kier molecular flexibility index (Phi) is 3.91. The Bertz CT molecular complexity index is 722. The minimum atomic E-state index is -0.595. The lowest BCUT2D eigenvalue weighted by Gasteiger charge is -2.12. The number of rotatable bonds is 3. The first-order valence-corrected chi connectivity index (χ1v) is 6.47. The van der Waals surface area contributed by atoms with Crippen molar-refractivity contribution in [1.82, 2.24) is 0 Å². The van der Waals surface area contributed by atoms with Crippen LogP contribution in [0.5, 0.6) is 0 Å². The van der Waals surface area contributed by atoms with Crippen LogP contribution >= 0.6 is 15.9 Å². The summed E-state index contributed by atoms with van der Waals surface area (Å²) in [5, 5.41) is 12.2. The van der Waals surface area contributed by atoms with E-state index in [1.165, 1.54) is 0 Å². The summed E-state index contributed by atoms with van der Waals surface area (Å²) >= 11 is 3.30. The number of amides is 1. The topological polar surface area (TPSA) is 105 Å². The van der Waals surface area contributed by atoms with Gasteiger partial charge in [0.1, 0.15) is 6.07 Å². The van der Waals surface area contributed by atoms with E-state index < -0.39 is 5.91 Å². The van der Waals surface area contributed by atoms with Gasteiger partial charge in [0.15, 0.2) is 0 Å². The number of nitriles is 1. The molecule has 0 radical (unpaired) electrons. The molecule has 2 rings (SSSR count). The molecular weight excluding hydrogens is 320 g/mol. The average molecular weight is 331 g/mol. The average Bonchev–Trinajstić information content (AvgIpc) is 2.42. The summed E-state index contributed by atoms with van der Waals surface area (Å²) in [6.45, 7) is 0. The molecular formula is C14H11BrN4O. The van der Waals surface area contributed by atoms with Crippen molar-refractivity contribution in [2.45, 2.75) is 0 Å². The normalized spacial score (nSPS) is 9.80. The predicted molar refractivity (Wildman–Crippen MR) is 81.5 cm³/mol. The Hall–Kier alpha value is -2.52. The predicted octanol–water partition coefficient (Wildman–Crippen LogP) is 2.75. The lowest BCUT2D eigenvalue weighted by atomic mass is 10.1. The van der Waals surface area contributed by atoms with Crippen LogP contribution < -0.4 is 16.8 Å². The third-order valence-corrected chi connectivity index (χ3v) is 3.24. The largest absolute Gasteiger partial charge is 0.396 e. The number of nitrogens with zero attached hydrogens (tertiary/aromatic N) is 1. The second kappa shape index (κ2) is 5.63. The minimum absolute atomic E-state index is 0.241. The van der Waals surface area contributed by atoms with Crippen LogP contribution in [0.25, 0.3) is 0 Å². The fourth-order valence-electron chi connectivity index (χ4n) is 1.75. The van der Waals surface area contributed by atoms with Gasteiger partial charge in [0.25, 0.3) is 5.91 Å². The molecule has 0 aliphatic rings. The number of carbonyl (C=O) groups excluding carboxylic acids is 1. The van der Waals surface area contributed by atoms with E-state index >= 15 is 0 Å². The molecule has 0 saturated heterocycles. The molecule has 0 saturated carbocycles. The fourth-order valence-corrected chi connectivity index (χ4v) is 2.11. The van der Waals surface area contributed by atoms with Crippen LogP contribution in [0.2, 0.25) is 0 Å². The molecule has 1 amide bonds. The summed E-state index contributed by atoms with van der Waals surface area (Å²) in [4.78, 5) is 11.3. The molecule has 2 aromatic rings. The molecule has 5 N–H and O–H groups in total. The lowest BCUT2D eigenvalue weighted by molar-refractivity contribution is 0.100. The number of anilines is 3. The van der Waals surface area contributed by atoms with Crippen molar-refractivity contribution >= 4 is 38.9 Å². The molecule has 0 aromatic heterocycles. The zero-order valence-corrected chi connectivity index (χ0v) is 11.9. The van der Waals surface area contributed by atoms with Crippen LogP contribution in [0.15, 0.2) is 40.9 Å². The van der Waals surface area contributed by atoms with Crippen LogP contribution in [0.1, 0.15) is 15.9 Å². The Morgan fingerprint density at radius 1 is 1.25 bits per heavy atom. The fraction of sp³-hybridized carbons (Fsp3) is 0. The molecule has 6 heteroatoms. The Morgan fingerprint density at radius 2 is 2.00 bits per heavy atom. The quantitative estimate of drug-likeness (QED) is 0.752. The molecule has 0 heterocycles. The SMILES string of the molecule is N#Cc1cc(Br)ccc1Nc1cccc(C(N)=O)c1N. The van der Waals surface area contributed by atoms with Gasteiger partial charge in [0, 0.05) is 4.47 Å². The van der Waals surface area contributed by atoms with Crippen LogP contribution in [0.4, 0.5) is 17.1 Å². The third kappa shape index (κ3) is 2.73. The first-order valence-electron chi connectivity index (χ1n) is 5.68. The zero-order chi connectivity index (χ0) is 14.7. The number of nitrogens with one attached hydrogen (secondary N) is 1. The molecule has 100 valence electrons. The number of hydrogen-bond donors (Lipinski definition) is 3. The second-order valence-electron chi connectivity index (χ2n) is 4.06. The minimum Gasteiger partial charge on any atom is -0.396 e. The first-order chi connectivity index (χ1) is 9.52. The van der Waals surface area contributed by atoms with Gasteiger partial charge in [-0.3, -0.25) is 4.79 Å². The molecule has 0 unspecified atom stereocenters. The molecule has 0 fully saturated rings. The van der Waals surface area contributed by atoms with Gasteiger partial charge in [-0.1, -0.05) is 22.0 Å². The van der Waals surface area contributed by atoms with Crippen molar-refractivity contribution < 1.29 is 4.79 Å². The number of hydrogen-bond acceptors (Lipinski definition) is 4. The van der Waals surface area contributed by atoms with E-state index in [4.69, 9.17) is 16.7 Å². The zero-order valence-electron chi connectivity index (χ0n) is 10.4. The van der Waals surface area contributed by atoms with Crippen LogP contribution in [0, 0.1) is 11.3 Å². The van der Waals surface area contributed by atoms with E-state index in [1.807, 2.05) is 0 Å². The number of carbonyl (C=O) groups is 1. The van der Waals surface area contributed by atoms with E-state index in [0.29, 0.717) is 16.9 Å². The lowest BCUT2D eigenvalue weighted by Crippen LogP contribution is -2.14. The molecule has 2 aromatic carbocycles. The van der Waals surface area contributed by atoms with Crippen molar-refractivity contribution in [2.75, 3.05) is 11.1 Å². The summed E-state index contributed by atoms with van der Waals surface area (Å²) in [5.41, 5.74) is 13.2. The van der Waals surface area contributed by atoms with E-state index in [1.54, 1.807) is 36.4 Å². The van der Waals surface area contributed by atoms with Gasteiger partial charge in [-0.2, -0.15) is 5.26 Å². The summed E-state index contributed by atoms with van der Waals surface area (Å²) < 4.78 is 0.804. The van der Waals surface area contributed by atoms with Crippen LogP contribution in [-0.2, 0) is 0 Å². The number of benzene rings is 2. The molecule has 0 aliphatic carbocycles. The van der Waals surface area contributed by atoms with Crippen molar-refractivity contribution in [3.63, 3.8) is 0 Å². The molecule has 0 spiro atoms. The maximum atomic E-state index is 11.3. The Labute approximate surface area is 124 Å². The van der Waals surface area contributed by atoms with E-state index in [0.717, 1.165) is 4.47 Å². The van der Waals surface area contributed by atoms with Crippen LogP contribution in [0.3, 0.4) is 0 Å². The molecule has 5 nitrogen and oxygen atoms in total. The van der Waals surface area contributed by atoms with Crippen LogP contribution in [-0.4, -0.2) is 5.91 Å². The van der Waals surface area contributed by atoms with Crippen molar-refractivity contribution in [1.29, 1.82) is 5.26 Å². The summed E-state index contributed by atoms with van der Waals surface area (Å²) in [6, 6.07) is 12.3. The Balaban J connectivity index is 2.44. The highest BCUT2D eigenvalue weighted by molar-refractivity contribution is 9.10. The van der Waals surface area contributed by atoms with Gasteiger partial charge in [0.05, 0.1) is 28.2 Å². The van der Waals surface area contributed by atoms with Crippen molar-refractivity contribution in [3.05, 3.63) is 52.0 Å². The molecule has 0 aliphatic heterocycles. The number of nitrogens with two attached hydrogens (primary N) is 2. The monoisotopic (exact) mass is 330 g/mol. The Morgan fingerprint density at radius 3 is 2.65 bits per heavy atom. The van der Waals surface area contributed by atoms with Gasteiger partial charge < -0.3 is 16.8 Å². The van der Waals surface area contributed by atoms with Gasteiger partial charge in [-0.05, 0) is 30.3 Å². The van der Waals surface area contributed by atoms with Gasteiger partial charge in [0.2, 0.25) is 0 Å². The summed E-state index contributed by atoms with van der Waals surface area (Å²) in [7, 11) is 0. The van der Waals surface area contributed by atoms with E-state index in [-0.39, 0.29) is 11.3 Å². The standard InChI is InChI=1S/C14H11BrN4O/c15-9-4-5-11(8(6-9)7-16)19-12-3-1-2-10(13(12)17)14(18)20/h1-6,19H,17H2,(H2,18,20). The maximum absolute atomic E-state index is 11.3. The maximum Gasteiger partial charge on any atom is 0.250 e. The van der Waals surface area contributed by atoms with Crippen molar-refractivity contribution in [3.8, 4) is 6.07 Å². The molecule has 0 bridgehead atoms. The summed E-state index contributed by atoms with van der Waals surface area (Å²) in [6.07, 6.45) is 0. The van der Waals surface area contributed by atoms with E-state index in [2.05, 4.69) is 27.3 Å². The highest BCUT2D eigenvalue weighted by Gasteiger charge is 2.11. The number of primary amides is 1. The third-order valence-electron chi connectivity index (χ3n) is 2.74. The highest BCUT2D eigenvalue weighted by Crippen LogP contribution is 2.29. The van der Waals surface area contributed by atoms with Crippen molar-refractivity contribution in [2.24, 2.45) is 5.73 Å². The van der Waals surface area contributed by atoms with Gasteiger partial charge in [-0.15, -0.1) is 0 Å². The van der Waals surface area contributed by atoms with Gasteiger partial charge >= 0.3 is 0 Å². The molecule has 0 atom stereocenters.